The molecule has 2 aromatic rings. The molecule has 0 saturated carbocycles. The number of carbonyl (C=O) groups is 1. The summed E-state index contributed by atoms with van der Waals surface area (Å²) in [6, 6.07) is 6.52. The number of ether oxygens (including phenoxy) is 1. The zero-order valence-corrected chi connectivity index (χ0v) is 15.7. The van der Waals surface area contributed by atoms with E-state index >= 15 is 0 Å². The molecule has 1 fully saturated rings. The highest BCUT2D eigenvalue weighted by Crippen LogP contribution is 2.24. The first kappa shape index (κ1) is 17.1. The summed E-state index contributed by atoms with van der Waals surface area (Å²) in [5.74, 6) is 0. The Labute approximate surface area is 149 Å². The SMILES string of the molecule is CC(C)(C)OC(=O)N1CCC(Nc2nc3ccc(Br)cc3o2)CC1. The zero-order chi connectivity index (χ0) is 17.3. The molecule has 1 amide bonds. The Morgan fingerprint density at radius 3 is 2.75 bits per heavy atom. The van der Waals surface area contributed by atoms with E-state index in [2.05, 4.69) is 26.2 Å². The van der Waals surface area contributed by atoms with Crippen LogP contribution in [0.4, 0.5) is 10.8 Å². The monoisotopic (exact) mass is 395 g/mol. The number of carbonyl (C=O) groups excluding carboxylic acids is 1. The van der Waals surface area contributed by atoms with Gasteiger partial charge in [-0.05, 0) is 51.8 Å². The van der Waals surface area contributed by atoms with Crippen LogP contribution in [-0.4, -0.2) is 40.7 Å². The minimum atomic E-state index is -0.460. The molecule has 2 heterocycles. The molecule has 1 aromatic carbocycles. The number of hydrogen-bond acceptors (Lipinski definition) is 5. The molecule has 3 rings (SSSR count). The molecule has 1 aromatic heterocycles. The number of benzene rings is 1. The van der Waals surface area contributed by atoms with E-state index in [1.165, 1.54) is 0 Å². The van der Waals surface area contributed by atoms with Crippen LogP contribution in [0.15, 0.2) is 27.1 Å². The summed E-state index contributed by atoms with van der Waals surface area (Å²) >= 11 is 3.42. The minimum absolute atomic E-state index is 0.236. The van der Waals surface area contributed by atoms with Crippen molar-refractivity contribution in [2.75, 3.05) is 18.4 Å². The van der Waals surface area contributed by atoms with E-state index in [-0.39, 0.29) is 12.1 Å². The number of likely N-dealkylation sites (tertiary alicyclic amines) is 1. The van der Waals surface area contributed by atoms with Crippen LogP contribution in [0.5, 0.6) is 0 Å². The van der Waals surface area contributed by atoms with Crippen molar-refractivity contribution in [3.05, 3.63) is 22.7 Å². The lowest BCUT2D eigenvalue weighted by molar-refractivity contribution is 0.0210. The van der Waals surface area contributed by atoms with Gasteiger partial charge in [-0.25, -0.2) is 4.79 Å². The Balaban J connectivity index is 1.55. The number of aromatic nitrogens is 1. The van der Waals surface area contributed by atoms with Crippen molar-refractivity contribution < 1.29 is 13.9 Å². The van der Waals surface area contributed by atoms with E-state index < -0.39 is 5.60 Å². The van der Waals surface area contributed by atoms with Crippen molar-refractivity contribution in [2.24, 2.45) is 0 Å². The fourth-order valence-electron chi connectivity index (χ4n) is 2.67. The average Bonchev–Trinajstić information content (AvgIpc) is 2.87. The van der Waals surface area contributed by atoms with Crippen LogP contribution in [0.2, 0.25) is 0 Å². The summed E-state index contributed by atoms with van der Waals surface area (Å²) in [7, 11) is 0. The first-order valence-electron chi connectivity index (χ1n) is 8.11. The highest BCUT2D eigenvalue weighted by atomic mass is 79.9. The summed E-state index contributed by atoms with van der Waals surface area (Å²) in [5, 5.41) is 3.33. The molecule has 7 heteroatoms. The quantitative estimate of drug-likeness (QED) is 0.815. The Morgan fingerprint density at radius 2 is 2.08 bits per heavy atom. The van der Waals surface area contributed by atoms with Gasteiger partial charge in [0.2, 0.25) is 0 Å². The second-order valence-corrected chi connectivity index (χ2v) is 7.93. The van der Waals surface area contributed by atoms with Crippen LogP contribution in [0.25, 0.3) is 11.1 Å². The van der Waals surface area contributed by atoms with E-state index in [9.17, 15) is 4.79 Å². The van der Waals surface area contributed by atoms with Crippen LogP contribution >= 0.6 is 15.9 Å². The Bertz CT molecular complexity index is 730. The number of hydrogen-bond donors (Lipinski definition) is 1. The molecular formula is C17H22BrN3O3. The molecule has 130 valence electrons. The third-order valence-electron chi connectivity index (χ3n) is 3.82. The van der Waals surface area contributed by atoms with Gasteiger partial charge in [0, 0.05) is 23.6 Å². The predicted molar refractivity (Wildman–Crippen MR) is 96.2 cm³/mol. The van der Waals surface area contributed by atoms with Gasteiger partial charge >= 0.3 is 6.09 Å². The van der Waals surface area contributed by atoms with Crippen molar-refractivity contribution in [3.63, 3.8) is 0 Å². The Morgan fingerprint density at radius 1 is 1.38 bits per heavy atom. The Hall–Kier alpha value is -1.76. The maximum Gasteiger partial charge on any atom is 0.410 e. The third kappa shape index (κ3) is 4.20. The van der Waals surface area contributed by atoms with Gasteiger partial charge in [0.05, 0.1) is 0 Å². The molecule has 1 N–H and O–H groups in total. The largest absolute Gasteiger partial charge is 0.444 e. The molecule has 1 saturated heterocycles. The van der Waals surface area contributed by atoms with Gasteiger partial charge in [-0.15, -0.1) is 0 Å². The van der Waals surface area contributed by atoms with Crippen LogP contribution < -0.4 is 5.32 Å². The fourth-order valence-corrected chi connectivity index (χ4v) is 3.01. The average molecular weight is 396 g/mol. The molecule has 24 heavy (non-hydrogen) atoms. The van der Waals surface area contributed by atoms with E-state index in [0.717, 1.165) is 28.4 Å². The number of anilines is 1. The van der Waals surface area contributed by atoms with E-state index in [1.807, 2.05) is 39.0 Å². The summed E-state index contributed by atoms with van der Waals surface area (Å²) in [5.41, 5.74) is 1.11. The normalized spacial score (nSPS) is 16.4. The summed E-state index contributed by atoms with van der Waals surface area (Å²) in [4.78, 5) is 18.3. The molecule has 1 aliphatic rings. The molecule has 0 spiro atoms. The van der Waals surface area contributed by atoms with Crippen LogP contribution in [0, 0.1) is 0 Å². The standard InChI is InChI=1S/C17H22BrN3O3/c1-17(2,3)24-16(22)21-8-6-12(7-9-21)19-15-20-13-5-4-11(18)10-14(13)23-15/h4-5,10,12H,6-9H2,1-3H3,(H,19,20). The number of piperidine rings is 1. The Kier molecular flexibility index (Phi) is 4.71. The van der Waals surface area contributed by atoms with Gasteiger partial charge < -0.3 is 19.4 Å². The van der Waals surface area contributed by atoms with Crippen molar-refractivity contribution >= 4 is 39.1 Å². The zero-order valence-electron chi connectivity index (χ0n) is 14.1. The van der Waals surface area contributed by atoms with Gasteiger partial charge in [0.15, 0.2) is 5.58 Å². The molecule has 6 nitrogen and oxygen atoms in total. The van der Waals surface area contributed by atoms with E-state index in [4.69, 9.17) is 9.15 Å². The maximum atomic E-state index is 12.1. The summed E-state index contributed by atoms with van der Waals surface area (Å²) < 4.78 is 12.1. The molecule has 0 unspecified atom stereocenters. The van der Waals surface area contributed by atoms with Crippen LogP contribution in [0.1, 0.15) is 33.6 Å². The predicted octanol–water partition coefficient (Wildman–Crippen LogP) is 4.40. The number of halogens is 1. The van der Waals surface area contributed by atoms with Crippen molar-refractivity contribution in [3.8, 4) is 0 Å². The lowest BCUT2D eigenvalue weighted by Gasteiger charge is -2.33. The second kappa shape index (κ2) is 6.63. The van der Waals surface area contributed by atoms with E-state index in [1.54, 1.807) is 4.90 Å². The first-order valence-corrected chi connectivity index (χ1v) is 8.90. The minimum Gasteiger partial charge on any atom is -0.444 e. The first-order chi connectivity index (χ1) is 11.3. The lowest BCUT2D eigenvalue weighted by atomic mass is 10.1. The van der Waals surface area contributed by atoms with Crippen molar-refractivity contribution in [1.29, 1.82) is 0 Å². The number of fused-ring (bicyclic) bond motifs is 1. The number of amides is 1. The number of nitrogens with one attached hydrogen (secondary N) is 1. The van der Waals surface area contributed by atoms with E-state index in [0.29, 0.717) is 19.1 Å². The number of nitrogens with zero attached hydrogens (tertiary/aromatic N) is 2. The highest BCUT2D eigenvalue weighted by Gasteiger charge is 2.27. The number of rotatable bonds is 2. The second-order valence-electron chi connectivity index (χ2n) is 7.02. The van der Waals surface area contributed by atoms with Gasteiger partial charge in [-0.2, -0.15) is 4.98 Å². The van der Waals surface area contributed by atoms with Crippen LogP contribution in [0.3, 0.4) is 0 Å². The molecule has 0 atom stereocenters. The summed E-state index contributed by atoms with van der Waals surface area (Å²) in [6.07, 6.45) is 1.43. The molecular weight excluding hydrogens is 374 g/mol. The third-order valence-corrected chi connectivity index (χ3v) is 4.32. The summed E-state index contributed by atoms with van der Waals surface area (Å²) in [6.45, 7) is 6.97. The van der Waals surface area contributed by atoms with Crippen LogP contribution in [-0.2, 0) is 4.74 Å². The molecule has 0 radical (unpaired) electrons. The van der Waals surface area contributed by atoms with Gasteiger partial charge in [-0.1, -0.05) is 15.9 Å². The smallest absolute Gasteiger partial charge is 0.410 e. The maximum absolute atomic E-state index is 12.1. The molecule has 0 aliphatic carbocycles. The molecule has 0 bridgehead atoms. The van der Waals surface area contributed by atoms with Gasteiger partial charge in [-0.3, -0.25) is 0 Å². The van der Waals surface area contributed by atoms with Gasteiger partial charge in [0.1, 0.15) is 11.1 Å². The van der Waals surface area contributed by atoms with Crippen molar-refractivity contribution in [1.82, 2.24) is 9.88 Å². The van der Waals surface area contributed by atoms with Crippen molar-refractivity contribution in [2.45, 2.75) is 45.3 Å². The molecule has 1 aliphatic heterocycles. The topological polar surface area (TPSA) is 67.6 Å². The lowest BCUT2D eigenvalue weighted by Crippen LogP contribution is -2.44. The van der Waals surface area contributed by atoms with Gasteiger partial charge in [0.25, 0.3) is 6.01 Å². The fraction of sp³-hybridized carbons (Fsp3) is 0.529. The number of oxazole rings is 1. The highest BCUT2D eigenvalue weighted by molar-refractivity contribution is 9.10.